The van der Waals surface area contributed by atoms with Crippen molar-refractivity contribution < 1.29 is 9.18 Å². The molecule has 2 rings (SSSR count). The molecule has 1 amide bonds. The Morgan fingerprint density at radius 3 is 2.74 bits per heavy atom. The third-order valence-electron chi connectivity index (χ3n) is 2.64. The predicted octanol–water partition coefficient (Wildman–Crippen LogP) is 3.58. The molecule has 2 N–H and O–H groups in total. The SMILES string of the molecule is CC(C)c1cc(NC(=O)c2ccc(Cl)cc2F)n[nH]1. The summed E-state index contributed by atoms with van der Waals surface area (Å²) in [7, 11) is 0. The van der Waals surface area contributed by atoms with Crippen LogP contribution in [0, 0.1) is 5.82 Å². The Balaban J connectivity index is 2.16. The van der Waals surface area contributed by atoms with E-state index in [2.05, 4.69) is 15.5 Å². The first-order valence-corrected chi connectivity index (χ1v) is 6.17. The first-order valence-electron chi connectivity index (χ1n) is 5.79. The molecule has 0 aliphatic heterocycles. The number of rotatable bonds is 3. The summed E-state index contributed by atoms with van der Waals surface area (Å²) in [6, 6.07) is 5.61. The fourth-order valence-corrected chi connectivity index (χ4v) is 1.71. The largest absolute Gasteiger partial charge is 0.305 e. The van der Waals surface area contributed by atoms with Gasteiger partial charge in [-0.15, -0.1) is 0 Å². The average molecular weight is 282 g/mol. The number of aromatic nitrogens is 2. The highest BCUT2D eigenvalue weighted by Gasteiger charge is 2.14. The van der Waals surface area contributed by atoms with E-state index in [9.17, 15) is 9.18 Å². The Kier molecular flexibility index (Phi) is 3.85. The third kappa shape index (κ3) is 3.12. The molecule has 100 valence electrons. The van der Waals surface area contributed by atoms with E-state index in [-0.39, 0.29) is 16.5 Å². The molecular formula is C13H13ClFN3O. The lowest BCUT2D eigenvalue weighted by Gasteiger charge is -2.03. The summed E-state index contributed by atoms with van der Waals surface area (Å²) in [5.74, 6) is -0.589. The molecule has 0 saturated heterocycles. The van der Waals surface area contributed by atoms with Crippen LogP contribution >= 0.6 is 11.6 Å². The minimum absolute atomic E-state index is 0.0708. The summed E-state index contributed by atoms with van der Waals surface area (Å²) in [4.78, 5) is 11.9. The maximum absolute atomic E-state index is 13.6. The van der Waals surface area contributed by atoms with Gasteiger partial charge in [-0.25, -0.2) is 4.39 Å². The highest BCUT2D eigenvalue weighted by molar-refractivity contribution is 6.30. The van der Waals surface area contributed by atoms with Gasteiger partial charge in [0.25, 0.3) is 5.91 Å². The standard InChI is InChI=1S/C13H13ClFN3O/c1-7(2)11-6-12(18-17-11)16-13(19)9-4-3-8(14)5-10(9)15/h3-7H,1-2H3,(H2,16,17,18,19). The zero-order chi connectivity index (χ0) is 14.0. The second-order valence-electron chi connectivity index (χ2n) is 4.44. The number of nitrogens with zero attached hydrogens (tertiary/aromatic N) is 1. The highest BCUT2D eigenvalue weighted by atomic mass is 35.5. The van der Waals surface area contributed by atoms with Crippen LogP contribution in [0.1, 0.15) is 35.8 Å². The van der Waals surface area contributed by atoms with Crippen LogP contribution in [-0.4, -0.2) is 16.1 Å². The average Bonchev–Trinajstić information content (AvgIpc) is 2.77. The van der Waals surface area contributed by atoms with Crippen molar-refractivity contribution in [3.63, 3.8) is 0 Å². The maximum atomic E-state index is 13.6. The molecule has 0 aliphatic carbocycles. The molecule has 4 nitrogen and oxygen atoms in total. The van der Waals surface area contributed by atoms with Gasteiger partial charge in [-0.1, -0.05) is 25.4 Å². The number of hydrogen-bond acceptors (Lipinski definition) is 2. The number of hydrogen-bond donors (Lipinski definition) is 2. The van der Waals surface area contributed by atoms with Gasteiger partial charge >= 0.3 is 0 Å². The molecule has 0 fully saturated rings. The molecule has 0 radical (unpaired) electrons. The third-order valence-corrected chi connectivity index (χ3v) is 2.87. The molecule has 0 bridgehead atoms. The Morgan fingerprint density at radius 1 is 1.42 bits per heavy atom. The number of carbonyl (C=O) groups is 1. The van der Waals surface area contributed by atoms with Crippen molar-refractivity contribution in [3.8, 4) is 0 Å². The first kappa shape index (κ1) is 13.5. The second kappa shape index (κ2) is 5.40. The van der Waals surface area contributed by atoms with Gasteiger partial charge in [0.1, 0.15) is 5.82 Å². The molecule has 19 heavy (non-hydrogen) atoms. The van der Waals surface area contributed by atoms with E-state index in [1.165, 1.54) is 12.1 Å². The van der Waals surface area contributed by atoms with E-state index >= 15 is 0 Å². The zero-order valence-electron chi connectivity index (χ0n) is 10.5. The fourth-order valence-electron chi connectivity index (χ4n) is 1.55. The zero-order valence-corrected chi connectivity index (χ0v) is 11.3. The van der Waals surface area contributed by atoms with Gasteiger partial charge in [0.05, 0.1) is 5.56 Å². The first-order chi connectivity index (χ1) is 8.97. The molecule has 6 heteroatoms. The molecule has 1 aromatic carbocycles. The van der Waals surface area contributed by atoms with Crippen molar-refractivity contribution in [3.05, 3.63) is 46.4 Å². The normalized spacial score (nSPS) is 10.8. The Bertz CT molecular complexity index is 610. The number of carbonyl (C=O) groups excluding carboxylic acids is 1. The molecule has 0 spiro atoms. The smallest absolute Gasteiger partial charge is 0.259 e. The Labute approximate surface area is 115 Å². The highest BCUT2D eigenvalue weighted by Crippen LogP contribution is 2.18. The number of nitrogens with one attached hydrogen (secondary N) is 2. The van der Waals surface area contributed by atoms with Gasteiger partial charge in [-0.3, -0.25) is 9.89 Å². The van der Waals surface area contributed by atoms with E-state index in [1.54, 1.807) is 6.07 Å². The van der Waals surface area contributed by atoms with Crippen LogP contribution in [0.5, 0.6) is 0 Å². The lowest BCUT2D eigenvalue weighted by molar-refractivity contribution is 0.102. The monoisotopic (exact) mass is 281 g/mol. The lowest BCUT2D eigenvalue weighted by Crippen LogP contribution is -2.13. The molecule has 1 heterocycles. The predicted molar refractivity (Wildman–Crippen MR) is 72.0 cm³/mol. The molecule has 0 atom stereocenters. The van der Waals surface area contributed by atoms with Gasteiger partial charge in [0.15, 0.2) is 5.82 Å². The van der Waals surface area contributed by atoms with Gasteiger partial charge in [-0.05, 0) is 24.1 Å². The van der Waals surface area contributed by atoms with Crippen LogP contribution in [0.2, 0.25) is 5.02 Å². The van der Waals surface area contributed by atoms with Crippen molar-refractivity contribution in [2.24, 2.45) is 0 Å². The van der Waals surface area contributed by atoms with Gasteiger partial charge < -0.3 is 5.32 Å². The number of benzene rings is 1. The molecule has 0 saturated carbocycles. The summed E-state index contributed by atoms with van der Waals surface area (Å²) in [5.41, 5.74) is 0.824. The second-order valence-corrected chi connectivity index (χ2v) is 4.88. The Morgan fingerprint density at radius 2 is 2.16 bits per heavy atom. The van der Waals surface area contributed by atoms with Crippen molar-refractivity contribution in [2.45, 2.75) is 19.8 Å². The van der Waals surface area contributed by atoms with E-state index in [0.717, 1.165) is 11.8 Å². The van der Waals surface area contributed by atoms with Crippen molar-refractivity contribution >= 4 is 23.3 Å². The quantitative estimate of drug-likeness (QED) is 0.903. The van der Waals surface area contributed by atoms with Crippen molar-refractivity contribution in [1.29, 1.82) is 0 Å². The van der Waals surface area contributed by atoms with Crippen LogP contribution in [0.15, 0.2) is 24.3 Å². The summed E-state index contributed by atoms with van der Waals surface area (Å²) < 4.78 is 13.6. The maximum Gasteiger partial charge on any atom is 0.259 e. The van der Waals surface area contributed by atoms with Crippen LogP contribution in [0.4, 0.5) is 10.2 Å². The van der Waals surface area contributed by atoms with Crippen molar-refractivity contribution in [1.82, 2.24) is 10.2 Å². The fraction of sp³-hybridized carbons (Fsp3) is 0.231. The minimum atomic E-state index is -0.662. The van der Waals surface area contributed by atoms with Crippen LogP contribution in [-0.2, 0) is 0 Å². The van der Waals surface area contributed by atoms with Crippen LogP contribution in [0.25, 0.3) is 0 Å². The van der Waals surface area contributed by atoms with E-state index < -0.39 is 11.7 Å². The van der Waals surface area contributed by atoms with Gasteiger partial charge in [0, 0.05) is 16.8 Å². The van der Waals surface area contributed by atoms with E-state index in [0.29, 0.717) is 5.82 Å². The van der Waals surface area contributed by atoms with Crippen LogP contribution in [0.3, 0.4) is 0 Å². The number of H-pyrrole nitrogens is 1. The minimum Gasteiger partial charge on any atom is -0.305 e. The summed E-state index contributed by atoms with van der Waals surface area (Å²) in [6.07, 6.45) is 0. The van der Waals surface area contributed by atoms with Crippen LogP contribution < -0.4 is 5.32 Å². The molecule has 0 aliphatic rings. The lowest BCUT2D eigenvalue weighted by atomic mass is 10.1. The number of anilines is 1. The molecule has 1 aromatic heterocycles. The number of aromatic amines is 1. The summed E-state index contributed by atoms with van der Waals surface area (Å²) >= 11 is 5.63. The van der Waals surface area contributed by atoms with E-state index in [4.69, 9.17) is 11.6 Å². The van der Waals surface area contributed by atoms with Crippen molar-refractivity contribution in [2.75, 3.05) is 5.32 Å². The topological polar surface area (TPSA) is 57.8 Å². The Hall–Kier alpha value is -1.88. The molecule has 2 aromatic rings. The van der Waals surface area contributed by atoms with E-state index in [1.807, 2.05) is 13.8 Å². The number of halogens is 2. The summed E-state index contributed by atoms with van der Waals surface area (Å²) in [6.45, 7) is 4.00. The van der Waals surface area contributed by atoms with Gasteiger partial charge in [-0.2, -0.15) is 5.10 Å². The molecule has 0 unspecified atom stereocenters. The van der Waals surface area contributed by atoms with Gasteiger partial charge in [0.2, 0.25) is 0 Å². The number of amides is 1. The molecular weight excluding hydrogens is 269 g/mol. The summed E-state index contributed by atoms with van der Waals surface area (Å²) in [5, 5.41) is 9.53.